The van der Waals surface area contributed by atoms with Gasteiger partial charge in [-0.2, -0.15) is 0 Å². The first-order valence-corrected chi connectivity index (χ1v) is 9.85. The fraction of sp³-hybridized carbons (Fsp3) is 0.0435. The van der Waals surface area contributed by atoms with Gasteiger partial charge in [0.15, 0.2) is 5.17 Å². The van der Waals surface area contributed by atoms with E-state index in [4.69, 9.17) is 5.41 Å². The molecule has 0 atom stereocenters. The average molecular weight is 383 g/mol. The lowest BCUT2D eigenvalue weighted by molar-refractivity contribution is -0.115. The van der Waals surface area contributed by atoms with Crippen LogP contribution >= 0.6 is 11.8 Å². The van der Waals surface area contributed by atoms with Crippen LogP contribution in [0.1, 0.15) is 11.1 Å². The molecule has 4 aromatic rings. The van der Waals surface area contributed by atoms with Crippen molar-refractivity contribution >= 4 is 50.6 Å². The number of hydrogen-bond donors (Lipinski definition) is 2. The molecule has 1 amide bonds. The van der Waals surface area contributed by atoms with E-state index < -0.39 is 0 Å². The summed E-state index contributed by atoms with van der Waals surface area (Å²) in [6.07, 6.45) is 3.97. The Labute approximate surface area is 166 Å². The van der Waals surface area contributed by atoms with Crippen LogP contribution in [0.5, 0.6) is 0 Å². The Kier molecular flexibility index (Phi) is 4.02. The Morgan fingerprint density at radius 2 is 1.71 bits per heavy atom. The van der Waals surface area contributed by atoms with Crippen molar-refractivity contribution in [1.82, 2.24) is 9.88 Å². The first-order chi connectivity index (χ1) is 13.7. The van der Waals surface area contributed by atoms with Crippen molar-refractivity contribution in [3.63, 3.8) is 0 Å². The van der Waals surface area contributed by atoms with Crippen molar-refractivity contribution in [2.24, 2.45) is 0 Å². The van der Waals surface area contributed by atoms with Gasteiger partial charge in [0.05, 0.1) is 4.91 Å². The third-order valence-electron chi connectivity index (χ3n) is 4.99. The second-order valence-corrected chi connectivity index (χ2v) is 7.81. The van der Waals surface area contributed by atoms with E-state index in [0.29, 0.717) is 4.91 Å². The molecule has 0 saturated carbocycles. The van der Waals surface area contributed by atoms with Crippen LogP contribution < -0.4 is 5.32 Å². The molecule has 1 aliphatic rings. The van der Waals surface area contributed by atoms with Crippen molar-refractivity contribution in [2.45, 2.75) is 6.54 Å². The molecule has 5 rings (SSSR count). The van der Waals surface area contributed by atoms with Gasteiger partial charge in [-0.25, -0.2) is 0 Å². The molecule has 1 aliphatic heterocycles. The van der Waals surface area contributed by atoms with Crippen LogP contribution in [0.25, 0.3) is 27.8 Å². The van der Waals surface area contributed by atoms with E-state index in [0.717, 1.165) is 23.0 Å². The van der Waals surface area contributed by atoms with Crippen LogP contribution in [0.3, 0.4) is 0 Å². The van der Waals surface area contributed by atoms with Crippen molar-refractivity contribution in [3.05, 3.63) is 89.0 Å². The molecular formula is C23H17N3OS. The summed E-state index contributed by atoms with van der Waals surface area (Å²) in [4.78, 5) is 12.6. The summed E-state index contributed by atoms with van der Waals surface area (Å²) in [7, 11) is 0. The summed E-state index contributed by atoms with van der Waals surface area (Å²) in [6.45, 7) is 0.750. The highest BCUT2D eigenvalue weighted by atomic mass is 32.2. The number of amides is 1. The number of aromatic nitrogens is 1. The van der Waals surface area contributed by atoms with Crippen molar-refractivity contribution in [1.29, 1.82) is 5.41 Å². The van der Waals surface area contributed by atoms with Crippen LogP contribution in [0, 0.1) is 5.41 Å². The third kappa shape index (κ3) is 2.90. The fourth-order valence-corrected chi connectivity index (χ4v) is 4.41. The molecule has 1 saturated heterocycles. The monoisotopic (exact) mass is 383 g/mol. The van der Waals surface area contributed by atoms with Gasteiger partial charge < -0.3 is 9.88 Å². The molecule has 136 valence electrons. The van der Waals surface area contributed by atoms with Gasteiger partial charge in [0.25, 0.3) is 5.91 Å². The Morgan fingerprint density at radius 3 is 2.54 bits per heavy atom. The predicted octanol–water partition coefficient (Wildman–Crippen LogP) is 4.98. The Bertz CT molecular complexity index is 1280. The maximum atomic E-state index is 12.0. The number of thioether (sulfide) groups is 1. The number of rotatable bonds is 3. The number of nitrogens with zero attached hydrogens (tertiary/aromatic N) is 1. The summed E-state index contributed by atoms with van der Waals surface area (Å²) in [5.74, 6) is -0.208. The number of nitrogens with one attached hydrogen (secondary N) is 2. The lowest BCUT2D eigenvalue weighted by Crippen LogP contribution is -2.18. The van der Waals surface area contributed by atoms with Crippen LogP contribution in [0.4, 0.5) is 0 Å². The van der Waals surface area contributed by atoms with Gasteiger partial charge in [-0.3, -0.25) is 10.2 Å². The SMILES string of the molecule is N=C1NC(=O)C(=Cc2cn(Cc3cccc4ccccc34)c3ccccc23)S1. The van der Waals surface area contributed by atoms with Gasteiger partial charge in [0.2, 0.25) is 0 Å². The quantitative estimate of drug-likeness (QED) is 0.490. The molecule has 28 heavy (non-hydrogen) atoms. The molecule has 2 heterocycles. The molecule has 4 nitrogen and oxygen atoms in total. The molecule has 1 aromatic heterocycles. The topological polar surface area (TPSA) is 57.9 Å². The van der Waals surface area contributed by atoms with Gasteiger partial charge in [0, 0.05) is 29.2 Å². The van der Waals surface area contributed by atoms with E-state index in [1.807, 2.05) is 18.2 Å². The summed E-state index contributed by atoms with van der Waals surface area (Å²) >= 11 is 1.17. The normalized spacial score (nSPS) is 15.6. The Hall–Kier alpha value is -3.31. The number of fused-ring (bicyclic) bond motifs is 2. The smallest absolute Gasteiger partial charge is 0.264 e. The van der Waals surface area contributed by atoms with Crippen molar-refractivity contribution in [2.75, 3.05) is 0 Å². The van der Waals surface area contributed by atoms with E-state index in [1.54, 1.807) is 0 Å². The second kappa shape index (κ2) is 6.69. The predicted molar refractivity (Wildman–Crippen MR) is 116 cm³/mol. The lowest BCUT2D eigenvalue weighted by atomic mass is 10.0. The van der Waals surface area contributed by atoms with Gasteiger partial charge in [-0.15, -0.1) is 0 Å². The van der Waals surface area contributed by atoms with Crippen molar-refractivity contribution < 1.29 is 4.79 Å². The molecule has 0 unspecified atom stereocenters. The standard InChI is InChI=1S/C23H17N3OS/c24-23-25-22(27)21(28-23)12-17-14-26(20-11-4-3-10-19(17)20)13-16-8-5-7-15-6-1-2-9-18(15)16/h1-12,14H,13H2,(H2,24,25,27). The van der Waals surface area contributed by atoms with E-state index in [2.05, 4.69) is 70.7 Å². The molecule has 1 fully saturated rings. The summed E-state index contributed by atoms with van der Waals surface area (Å²) in [5.41, 5.74) is 3.37. The minimum absolute atomic E-state index is 0.177. The van der Waals surface area contributed by atoms with Gasteiger partial charge >= 0.3 is 0 Å². The molecular weight excluding hydrogens is 366 g/mol. The number of carbonyl (C=O) groups excluding carboxylic acids is 1. The number of para-hydroxylation sites is 1. The molecule has 5 heteroatoms. The van der Waals surface area contributed by atoms with Gasteiger partial charge in [-0.05, 0) is 40.2 Å². The summed E-state index contributed by atoms with van der Waals surface area (Å²) < 4.78 is 2.23. The zero-order chi connectivity index (χ0) is 19.1. The molecule has 0 spiro atoms. The molecule has 0 bridgehead atoms. The molecule has 0 radical (unpaired) electrons. The highest BCUT2D eigenvalue weighted by molar-refractivity contribution is 8.18. The highest BCUT2D eigenvalue weighted by Crippen LogP contribution is 2.30. The van der Waals surface area contributed by atoms with E-state index in [1.165, 1.54) is 28.1 Å². The summed E-state index contributed by atoms with van der Waals surface area (Å²) in [5, 5.41) is 13.9. The number of carbonyl (C=O) groups is 1. The number of benzene rings is 3. The zero-order valence-corrected chi connectivity index (χ0v) is 15.8. The minimum atomic E-state index is -0.208. The average Bonchev–Trinajstić information content (AvgIpc) is 3.22. The number of hydrogen-bond acceptors (Lipinski definition) is 3. The van der Waals surface area contributed by atoms with Crippen LogP contribution in [-0.4, -0.2) is 15.6 Å². The van der Waals surface area contributed by atoms with E-state index in [9.17, 15) is 4.79 Å². The fourth-order valence-electron chi connectivity index (χ4n) is 3.72. The molecule has 0 aliphatic carbocycles. The maximum absolute atomic E-state index is 12.0. The third-order valence-corrected chi connectivity index (χ3v) is 5.82. The Balaban J connectivity index is 1.62. The van der Waals surface area contributed by atoms with Gasteiger partial charge in [-0.1, -0.05) is 60.7 Å². The highest BCUT2D eigenvalue weighted by Gasteiger charge is 2.23. The van der Waals surface area contributed by atoms with Crippen molar-refractivity contribution in [3.8, 4) is 0 Å². The van der Waals surface area contributed by atoms with E-state index in [-0.39, 0.29) is 11.1 Å². The number of amidine groups is 1. The van der Waals surface area contributed by atoms with Crippen LogP contribution in [0.2, 0.25) is 0 Å². The second-order valence-electron chi connectivity index (χ2n) is 6.76. The van der Waals surface area contributed by atoms with E-state index >= 15 is 0 Å². The Morgan fingerprint density at radius 1 is 0.964 bits per heavy atom. The van der Waals surface area contributed by atoms with Crippen LogP contribution in [-0.2, 0) is 11.3 Å². The summed E-state index contributed by atoms with van der Waals surface area (Å²) in [6, 6.07) is 23.0. The largest absolute Gasteiger partial charge is 0.342 e. The first-order valence-electron chi connectivity index (χ1n) is 9.03. The molecule has 2 N–H and O–H groups in total. The molecule has 3 aromatic carbocycles. The first kappa shape index (κ1) is 16.8. The minimum Gasteiger partial charge on any atom is -0.342 e. The lowest BCUT2D eigenvalue weighted by Gasteiger charge is -2.09. The van der Waals surface area contributed by atoms with Crippen LogP contribution in [0.15, 0.2) is 77.8 Å². The van der Waals surface area contributed by atoms with Gasteiger partial charge in [0.1, 0.15) is 0 Å². The maximum Gasteiger partial charge on any atom is 0.264 e. The zero-order valence-electron chi connectivity index (χ0n) is 15.0.